The Hall–Kier alpha value is -3.34. The van der Waals surface area contributed by atoms with Crippen molar-refractivity contribution in [3.05, 3.63) is 78.4 Å². The average Bonchev–Trinajstić information content (AvgIpc) is 3.27. The molecule has 0 aliphatic carbocycles. The smallest absolute Gasteiger partial charge is 0.146 e. The van der Waals surface area contributed by atoms with Crippen LogP contribution in [0.2, 0.25) is 0 Å². The molecule has 0 aliphatic heterocycles. The fourth-order valence-corrected chi connectivity index (χ4v) is 3.00. The summed E-state index contributed by atoms with van der Waals surface area (Å²) in [5.41, 5.74) is 4.11. The monoisotopic (exact) mass is 317 g/mol. The van der Waals surface area contributed by atoms with Gasteiger partial charge in [0.05, 0.1) is 0 Å². The molecule has 0 saturated heterocycles. The fraction of sp³-hybridized carbons (Fsp3) is 0.0526. The van der Waals surface area contributed by atoms with Crippen LogP contribution in [0, 0.1) is 0 Å². The molecule has 5 aromatic rings. The van der Waals surface area contributed by atoms with Crippen molar-refractivity contribution in [2.45, 2.75) is 6.61 Å². The summed E-state index contributed by atoms with van der Waals surface area (Å²) in [5, 5.41) is 10.4. The molecular formula is C19H15N3O2. The summed E-state index contributed by atoms with van der Waals surface area (Å²) in [5.74, 6) is 0.845. The Morgan fingerprint density at radius 3 is 2.12 bits per heavy atom. The number of aromatic nitrogens is 3. The van der Waals surface area contributed by atoms with Crippen LogP contribution in [0.4, 0.5) is 0 Å². The standard InChI is InChI=1S/C19H15N3O2/c23-19-12-15(24-13-14-6-2-1-3-7-14)10-11-18(19)22-20-16-8-4-5-9-17(16)21(20)22/h1-12,23H,13H2. The number of phenols is 1. The number of benzene rings is 3. The topological polar surface area (TPSA) is 43.2 Å². The van der Waals surface area contributed by atoms with Gasteiger partial charge in [0.2, 0.25) is 0 Å². The molecule has 0 amide bonds. The third-order valence-electron chi connectivity index (χ3n) is 4.23. The van der Waals surface area contributed by atoms with E-state index in [2.05, 4.69) is 12.1 Å². The Kier molecular flexibility index (Phi) is 2.64. The molecule has 2 heterocycles. The Labute approximate surface area is 137 Å². The van der Waals surface area contributed by atoms with Gasteiger partial charge < -0.3 is 9.84 Å². The van der Waals surface area contributed by atoms with Crippen molar-refractivity contribution in [2.24, 2.45) is 0 Å². The molecule has 0 radical (unpaired) electrons. The molecule has 0 unspecified atom stereocenters. The molecule has 0 saturated carbocycles. The van der Waals surface area contributed by atoms with Gasteiger partial charge in [-0.25, -0.2) is 0 Å². The predicted octanol–water partition coefficient (Wildman–Crippen LogP) is 3.71. The summed E-state index contributed by atoms with van der Waals surface area (Å²) in [6, 6.07) is 23.5. The number of para-hydroxylation sites is 2. The number of fused-ring (bicyclic) bond motifs is 4. The zero-order valence-corrected chi connectivity index (χ0v) is 12.8. The summed E-state index contributed by atoms with van der Waals surface area (Å²) < 4.78 is 9.77. The number of aromatic hydroxyl groups is 1. The molecule has 0 aliphatic rings. The van der Waals surface area contributed by atoms with E-state index in [1.165, 1.54) is 0 Å². The second-order valence-corrected chi connectivity index (χ2v) is 5.78. The lowest BCUT2D eigenvalue weighted by Crippen LogP contribution is -1.95. The zero-order valence-electron chi connectivity index (χ0n) is 12.8. The third-order valence-corrected chi connectivity index (χ3v) is 4.23. The number of rotatable bonds is 4. The molecule has 0 fully saturated rings. The van der Waals surface area contributed by atoms with Gasteiger partial charge in [-0.3, -0.25) is 0 Å². The van der Waals surface area contributed by atoms with Gasteiger partial charge >= 0.3 is 0 Å². The van der Waals surface area contributed by atoms with Crippen molar-refractivity contribution < 1.29 is 9.84 Å². The lowest BCUT2D eigenvalue weighted by atomic mass is 10.2. The van der Waals surface area contributed by atoms with Crippen LogP contribution in [-0.4, -0.2) is 19.2 Å². The van der Waals surface area contributed by atoms with E-state index in [0.29, 0.717) is 12.4 Å². The van der Waals surface area contributed by atoms with Gasteiger partial charge in [0.25, 0.3) is 0 Å². The van der Waals surface area contributed by atoms with E-state index in [9.17, 15) is 5.11 Å². The molecule has 3 aromatic carbocycles. The largest absolute Gasteiger partial charge is 0.505 e. The number of ether oxygens (including phenoxy) is 1. The van der Waals surface area contributed by atoms with Crippen molar-refractivity contribution >= 4 is 11.0 Å². The maximum Gasteiger partial charge on any atom is 0.146 e. The highest BCUT2D eigenvalue weighted by atomic mass is 16.5. The lowest BCUT2D eigenvalue weighted by Gasteiger charge is -2.07. The summed E-state index contributed by atoms with van der Waals surface area (Å²) in [7, 11) is 0. The van der Waals surface area contributed by atoms with Crippen LogP contribution in [0.15, 0.2) is 72.8 Å². The van der Waals surface area contributed by atoms with Crippen molar-refractivity contribution in [1.82, 2.24) is 14.1 Å². The predicted molar refractivity (Wildman–Crippen MR) is 91.3 cm³/mol. The third kappa shape index (κ3) is 1.88. The highest BCUT2D eigenvalue weighted by Crippen LogP contribution is 2.32. The first kappa shape index (κ1) is 13.1. The van der Waals surface area contributed by atoms with Crippen LogP contribution in [0.25, 0.3) is 16.7 Å². The minimum atomic E-state index is 0.195. The number of nitrogens with zero attached hydrogens (tertiary/aromatic N) is 3. The molecule has 0 spiro atoms. The molecule has 0 atom stereocenters. The van der Waals surface area contributed by atoms with Crippen LogP contribution < -0.4 is 4.74 Å². The van der Waals surface area contributed by atoms with Crippen LogP contribution >= 0.6 is 0 Å². The van der Waals surface area contributed by atoms with Crippen LogP contribution in [0.3, 0.4) is 0 Å². The second-order valence-electron chi connectivity index (χ2n) is 5.78. The SMILES string of the molecule is Oc1cc(OCc2ccccc2)ccc1-n1n2c3ccccc3n12. The quantitative estimate of drug-likeness (QED) is 0.549. The van der Waals surface area contributed by atoms with E-state index in [0.717, 1.165) is 22.3 Å². The van der Waals surface area contributed by atoms with Gasteiger partial charge in [0.1, 0.15) is 34.8 Å². The Morgan fingerprint density at radius 2 is 1.46 bits per heavy atom. The van der Waals surface area contributed by atoms with Gasteiger partial charge in [-0.1, -0.05) is 42.5 Å². The first-order chi connectivity index (χ1) is 11.8. The highest BCUT2D eigenvalue weighted by Gasteiger charge is 2.25. The maximum atomic E-state index is 10.4. The van der Waals surface area contributed by atoms with Crippen molar-refractivity contribution in [2.75, 3.05) is 0 Å². The molecule has 118 valence electrons. The van der Waals surface area contributed by atoms with Gasteiger partial charge in [0.15, 0.2) is 0 Å². The van der Waals surface area contributed by atoms with Crippen molar-refractivity contribution in [3.8, 4) is 17.2 Å². The Morgan fingerprint density at radius 1 is 0.792 bits per heavy atom. The van der Waals surface area contributed by atoms with E-state index in [4.69, 9.17) is 4.74 Å². The summed E-state index contributed by atoms with van der Waals surface area (Å²) in [6.07, 6.45) is 0. The molecule has 2 aromatic heterocycles. The summed E-state index contributed by atoms with van der Waals surface area (Å²) in [6.45, 7) is 0.479. The van der Waals surface area contributed by atoms with Crippen LogP contribution in [0.1, 0.15) is 5.56 Å². The molecule has 5 nitrogen and oxygen atoms in total. The normalized spacial score (nSPS) is 11.7. The first-order valence-corrected chi connectivity index (χ1v) is 7.82. The first-order valence-electron chi connectivity index (χ1n) is 7.82. The van der Waals surface area contributed by atoms with Crippen molar-refractivity contribution in [1.29, 1.82) is 0 Å². The molecule has 5 heteroatoms. The summed E-state index contributed by atoms with van der Waals surface area (Å²) >= 11 is 0. The van der Waals surface area contributed by atoms with E-state index in [1.54, 1.807) is 6.07 Å². The highest BCUT2D eigenvalue weighted by molar-refractivity contribution is 5.79. The lowest BCUT2D eigenvalue weighted by molar-refractivity contribution is 0.304. The van der Waals surface area contributed by atoms with Crippen molar-refractivity contribution in [3.63, 3.8) is 0 Å². The number of phenolic OH excluding ortho intramolecular Hbond substituents is 1. The number of hydrogen-bond donors (Lipinski definition) is 1. The van der Waals surface area contributed by atoms with E-state index in [1.807, 2.05) is 68.7 Å². The molecule has 5 rings (SSSR count). The van der Waals surface area contributed by atoms with Crippen LogP contribution in [-0.2, 0) is 6.61 Å². The average molecular weight is 317 g/mol. The van der Waals surface area contributed by atoms with E-state index in [-0.39, 0.29) is 5.75 Å². The van der Waals surface area contributed by atoms with Gasteiger partial charge in [-0.15, -0.1) is 14.1 Å². The Bertz CT molecular complexity index is 1080. The summed E-state index contributed by atoms with van der Waals surface area (Å²) in [4.78, 5) is 1.93. The molecule has 24 heavy (non-hydrogen) atoms. The minimum absolute atomic E-state index is 0.195. The number of hydrogen-bond acceptors (Lipinski definition) is 2. The maximum absolute atomic E-state index is 10.4. The molecular weight excluding hydrogens is 302 g/mol. The van der Waals surface area contributed by atoms with Gasteiger partial charge in [-0.2, -0.15) is 0 Å². The van der Waals surface area contributed by atoms with E-state index >= 15 is 0 Å². The molecule has 1 N–H and O–H groups in total. The van der Waals surface area contributed by atoms with Gasteiger partial charge in [-0.05, 0) is 29.8 Å². The Balaban J connectivity index is 1.41. The van der Waals surface area contributed by atoms with Gasteiger partial charge in [0, 0.05) is 6.07 Å². The minimum Gasteiger partial charge on any atom is -0.505 e. The fourth-order valence-electron chi connectivity index (χ4n) is 3.00. The molecule has 0 bridgehead atoms. The van der Waals surface area contributed by atoms with E-state index < -0.39 is 0 Å². The van der Waals surface area contributed by atoms with Crippen LogP contribution in [0.5, 0.6) is 11.5 Å². The zero-order chi connectivity index (χ0) is 16.1. The second kappa shape index (κ2) is 4.83.